The molecule has 0 aromatic carbocycles. The van der Waals surface area contributed by atoms with Crippen LogP contribution in [0, 0.1) is 0 Å². The molecule has 0 spiro atoms. The van der Waals surface area contributed by atoms with Crippen molar-refractivity contribution in [3.8, 4) is 5.75 Å². The van der Waals surface area contributed by atoms with Crippen molar-refractivity contribution >= 4 is 10.1 Å². The molecule has 1 saturated heterocycles. The summed E-state index contributed by atoms with van der Waals surface area (Å²) in [5, 5.41) is 0. The number of ether oxygens (including phenoxy) is 1. The number of hydrogen-bond donors (Lipinski definition) is 0. The van der Waals surface area contributed by atoms with Crippen molar-refractivity contribution in [1.29, 1.82) is 0 Å². The van der Waals surface area contributed by atoms with E-state index in [2.05, 4.69) is 4.98 Å². The molecule has 0 saturated carbocycles. The average Bonchev–Trinajstić information content (AvgIpc) is 2.66. The summed E-state index contributed by atoms with van der Waals surface area (Å²) in [5.74, 6) is 0.711. The van der Waals surface area contributed by atoms with Gasteiger partial charge in [0.15, 0.2) is 0 Å². The molecule has 0 N–H and O–H groups in total. The Morgan fingerprint density at radius 3 is 2.95 bits per heavy atom. The van der Waals surface area contributed by atoms with E-state index in [0.717, 1.165) is 6.26 Å². The lowest BCUT2D eigenvalue weighted by Gasteiger charge is -2.18. The summed E-state index contributed by atoms with van der Waals surface area (Å²) in [7, 11) is -1.47. The van der Waals surface area contributed by atoms with Crippen LogP contribution in [0.1, 0.15) is 6.42 Å². The molecule has 0 radical (unpaired) electrons. The number of likely N-dealkylation sites (N-methyl/N-ethyl adjacent to an activating group) is 1. The van der Waals surface area contributed by atoms with E-state index < -0.39 is 10.1 Å². The molecule has 0 aliphatic carbocycles. The molecule has 1 aromatic heterocycles. The van der Waals surface area contributed by atoms with Gasteiger partial charge in [0.1, 0.15) is 12.4 Å². The van der Waals surface area contributed by atoms with E-state index in [0.29, 0.717) is 25.3 Å². The average molecular weight is 286 g/mol. The van der Waals surface area contributed by atoms with Gasteiger partial charge in [0.2, 0.25) is 0 Å². The largest absolute Gasteiger partial charge is 0.490 e. The number of likely N-dealkylation sites (tertiary alicyclic amines) is 1. The van der Waals surface area contributed by atoms with Crippen molar-refractivity contribution < 1.29 is 17.3 Å². The third kappa shape index (κ3) is 4.45. The molecule has 2 unspecified atom stereocenters. The molecule has 106 valence electrons. The second-order valence-corrected chi connectivity index (χ2v) is 6.35. The fourth-order valence-corrected chi connectivity index (χ4v) is 2.80. The predicted octanol–water partition coefficient (Wildman–Crippen LogP) is 0.509. The van der Waals surface area contributed by atoms with Crippen molar-refractivity contribution in [1.82, 2.24) is 9.88 Å². The summed E-state index contributed by atoms with van der Waals surface area (Å²) in [6.07, 6.45) is 4.77. The summed E-state index contributed by atoms with van der Waals surface area (Å²) >= 11 is 0. The lowest BCUT2D eigenvalue weighted by Crippen LogP contribution is -2.30. The van der Waals surface area contributed by atoms with Gasteiger partial charge in [-0.3, -0.25) is 14.1 Å². The monoisotopic (exact) mass is 286 g/mol. The Balaban J connectivity index is 1.85. The lowest BCUT2D eigenvalue weighted by atomic mass is 10.2. The Hall–Kier alpha value is -1.18. The van der Waals surface area contributed by atoms with Crippen LogP contribution >= 0.6 is 0 Å². The topological polar surface area (TPSA) is 68.7 Å². The highest BCUT2D eigenvalue weighted by Gasteiger charge is 2.32. The number of nitrogens with zero attached hydrogens (tertiary/aromatic N) is 2. The van der Waals surface area contributed by atoms with E-state index in [1.54, 1.807) is 12.4 Å². The second kappa shape index (κ2) is 5.85. The molecule has 1 fully saturated rings. The zero-order valence-corrected chi connectivity index (χ0v) is 11.8. The highest BCUT2D eigenvalue weighted by atomic mass is 32.2. The third-order valence-electron chi connectivity index (χ3n) is 3.04. The van der Waals surface area contributed by atoms with E-state index in [9.17, 15) is 8.42 Å². The van der Waals surface area contributed by atoms with Crippen LogP contribution in [0.5, 0.6) is 5.75 Å². The normalized spacial score (nSPS) is 24.5. The molecule has 0 bridgehead atoms. The maximum Gasteiger partial charge on any atom is 0.264 e. The number of hydrogen-bond acceptors (Lipinski definition) is 6. The first-order chi connectivity index (χ1) is 8.94. The minimum atomic E-state index is -3.40. The SMILES string of the molecule is CN1CC(OS(C)(=O)=O)CC1COc1cccnc1. The quantitative estimate of drug-likeness (QED) is 0.735. The zero-order chi connectivity index (χ0) is 13.9. The lowest BCUT2D eigenvalue weighted by molar-refractivity contribution is 0.197. The molecule has 19 heavy (non-hydrogen) atoms. The molecule has 1 aromatic rings. The highest BCUT2D eigenvalue weighted by molar-refractivity contribution is 7.86. The van der Waals surface area contributed by atoms with Gasteiger partial charge in [0.25, 0.3) is 10.1 Å². The van der Waals surface area contributed by atoms with Crippen molar-refractivity contribution in [2.24, 2.45) is 0 Å². The molecular formula is C12H18N2O4S. The van der Waals surface area contributed by atoms with Crippen LogP contribution < -0.4 is 4.74 Å². The molecule has 2 atom stereocenters. The van der Waals surface area contributed by atoms with E-state index in [4.69, 9.17) is 8.92 Å². The first kappa shape index (κ1) is 14.2. The van der Waals surface area contributed by atoms with E-state index >= 15 is 0 Å². The fourth-order valence-electron chi connectivity index (χ4n) is 2.17. The van der Waals surface area contributed by atoms with Crippen LogP contribution in [-0.4, -0.2) is 56.9 Å². The Labute approximate surface area is 113 Å². The maximum absolute atomic E-state index is 11.1. The summed E-state index contributed by atoms with van der Waals surface area (Å²) in [6.45, 7) is 1.08. The Bertz CT molecular complexity index is 506. The molecule has 2 heterocycles. The van der Waals surface area contributed by atoms with E-state index in [-0.39, 0.29) is 12.1 Å². The summed E-state index contributed by atoms with van der Waals surface area (Å²) in [4.78, 5) is 6.02. The van der Waals surface area contributed by atoms with Gasteiger partial charge in [-0.2, -0.15) is 8.42 Å². The van der Waals surface area contributed by atoms with Gasteiger partial charge in [-0.1, -0.05) is 0 Å². The summed E-state index contributed by atoms with van der Waals surface area (Å²) in [6, 6.07) is 3.79. The Morgan fingerprint density at radius 1 is 1.53 bits per heavy atom. The molecule has 6 nitrogen and oxygen atoms in total. The second-order valence-electron chi connectivity index (χ2n) is 4.75. The summed E-state index contributed by atoms with van der Waals surface area (Å²) in [5.41, 5.74) is 0. The number of rotatable bonds is 5. The van der Waals surface area contributed by atoms with Gasteiger partial charge < -0.3 is 4.74 Å². The smallest absolute Gasteiger partial charge is 0.264 e. The van der Waals surface area contributed by atoms with Crippen LogP contribution in [0.25, 0.3) is 0 Å². The molecule has 0 amide bonds. The third-order valence-corrected chi connectivity index (χ3v) is 3.66. The minimum absolute atomic E-state index is 0.145. The van der Waals surface area contributed by atoms with Crippen molar-refractivity contribution in [2.45, 2.75) is 18.6 Å². The van der Waals surface area contributed by atoms with Gasteiger partial charge in [-0.05, 0) is 25.6 Å². The first-order valence-electron chi connectivity index (χ1n) is 6.05. The Kier molecular flexibility index (Phi) is 4.38. The van der Waals surface area contributed by atoms with Crippen molar-refractivity contribution in [2.75, 3.05) is 26.5 Å². The number of pyridine rings is 1. The molecule has 1 aliphatic heterocycles. The van der Waals surface area contributed by atoms with Crippen LogP contribution in [0.3, 0.4) is 0 Å². The van der Waals surface area contributed by atoms with Crippen molar-refractivity contribution in [3.05, 3.63) is 24.5 Å². The van der Waals surface area contributed by atoms with Crippen LogP contribution in [-0.2, 0) is 14.3 Å². The zero-order valence-electron chi connectivity index (χ0n) is 11.0. The predicted molar refractivity (Wildman–Crippen MR) is 70.5 cm³/mol. The molecule has 7 heteroatoms. The first-order valence-corrected chi connectivity index (χ1v) is 7.87. The highest BCUT2D eigenvalue weighted by Crippen LogP contribution is 2.21. The van der Waals surface area contributed by atoms with Gasteiger partial charge in [-0.25, -0.2) is 0 Å². The van der Waals surface area contributed by atoms with Gasteiger partial charge >= 0.3 is 0 Å². The maximum atomic E-state index is 11.1. The van der Waals surface area contributed by atoms with Crippen LogP contribution in [0.15, 0.2) is 24.5 Å². The molecular weight excluding hydrogens is 268 g/mol. The summed E-state index contributed by atoms with van der Waals surface area (Å²) < 4.78 is 32.8. The van der Waals surface area contributed by atoms with Gasteiger partial charge in [0, 0.05) is 18.8 Å². The van der Waals surface area contributed by atoms with Crippen LogP contribution in [0.2, 0.25) is 0 Å². The van der Waals surface area contributed by atoms with E-state index in [1.807, 2.05) is 24.1 Å². The van der Waals surface area contributed by atoms with Crippen LogP contribution in [0.4, 0.5) is 0 Å². The number of aromatic nitrogens is 1. The molecule has 2 rings (SSSR count). The van der Waals surface area contributed by atoms with E-state index in [1.165, 1.54) is 0 Å². The van der Waals surface area contributed by atoms with Gasteiger partial charge in [-0.15, -0.1) is 0 Å². The molecule has 1 aliphatic rings. The Morgan fingerprint density at radius 2 is 2.32 bits per heavy atom. The minimum Gasteiger partial charge on any atom is -0.490 e. The fraction of sp³-hybridized carbons (Fsp3) is 0.583. The van der Waals surface area contributed by atoms with Gasteiger partial charge in [0.05, 0.1) is 18.6 Å². The van der Waals surface area contributed by atoms with Crippen molar-refractivity contribution in [3.63, 3.8) is 0 Å². The standard InChI is InChI=1S/C12H18N2O4S/c1-14-8-12(18-19(2,15)16)6-10(14)9-17-11-4-3-5-13-7-11/h3-5,7,10,12H,6,8-9H2,1-2H3.